The molecule has 2 saturated heterocycles. The Morgan fingerprint density at radius 1 is 1.55 bits per heavy atom. The minimum atomic E-state index is -0.406. The molecule has 22 heavy (non-hydrogen) atoms. The quantitative estimate of drug-likeness (QED) is 0.625. The smallest absolute Gasteiger partial charge is 0.375 e. The summed E-state index contributed by atoms with van der Waals surface area (Å²) in [5.74, 6) is -0.0796. The van der Waals surface area contributed by atoms with Gasteiger partial charge in [-0.2, -0.15) is 0 Å². The Bertz CT molecular complexity index is 574. The van der Waals surface area contributed by atoms with Gasteiger partial charge in [0.2, 0.25) is 0 Å². The number of hydrogen-bond donors (Lipinski definition) is 0. The van der Waals surface area contributed by atoms with Gasteiger partial charge in [-0.15, -0.1) is 0 Å². The first-order chi connectivity index (χ1) is 10.6. The molecule has 1 spiro atoms. The molecule has 0 amide bonds. The van der Waals surface area contributed by atoms with Crippen LogP contribution in [0.25, 0.3) is 0 Å². The maximum atomic E-state index is 11.3. The second-order valence-corrected chi connectivity index (χ2v) is 5.97. The summed E-state index contributed by atoms with van der Waals surface area (Å²) in [7, 11) is 0. The average molecular weight is 307 g/mol. The van der Waals surface area contributed by atoms with Crippen LogP contribution in [-0.2, 0) is 15.9 Å². The SMILES string of the molecule is CCCc1cnc([N+](=O)[O-])c(N2CCOC3(COC3)C2C)c1. The number of aryl methyl sites for hydroxylation is 1. The van der Waals surface area contributed by atoms with Crippen LogP contribution in [0.2, 0.25) is 0 Å². The lowest BCUT2D eigenvalue weighted by molar-refractivity contribution is -0.388. The number of ether oxygens (including phenoxy) is 2. The van der Waals surface area contributed by atoms with Crippen molar-refractivity contribution in [2.75, 3.05) is 31.3 Å². The molecule has 1 aromatic heterocycles. The molecule has 0 aliphatic carbocycles. The van der Waals surface area contributed by atoms with Crippen molar-refractivity contribution in [3.05, 3.63) is 27.9 Å². The average Bonchev–Trinajstić information content (AvgIpc) is 2.46. The minimum Gasteiger partial charge on any atom is -0.375 e. The van der Waals surface area contributed by atoms with Gasteiger partial charge in [-0.1, -0.05) is 13.3 Å². The van der Waals surface area contributed by atoms with Gasteiger partial charge in [-0.05, 0) is 34.9 Å². The summed E-state index contributed by atoms with van der Waals surface area (Å²) in [4.78, 5) is 17.1. The molecule has 2 aliphatic heterocycles. The molecule has 0 N–H and O–H groups in total. The highest BCUT2D eigenvalue weighted by Crippen LogP contribution is 2.38. The molecule has 0 radical (unpaired) electrons. The zero-order valence-electron chi connectivity index (χ0n) is 12.9. The van der Waals surface area contributed by atoms with Gasteiger partial charge in [0.05, 0.1) is 25.9 Å². The summed E-state index contributed by atoms with van der Waals surface area (Å²) in [5, 5.41) is 11.3. The maximum absolute atomic E-state index is 11.3. The first kappa shape index (κ1) is 15.2. The third kappa shape index (κ3) is 2.44. The molecular weight excluding hydrogens is 286 g/mol. The van der Waals surface area contributed by atoms with Crippen molar-refractivity contribution in [2.24, 2.45) is 0 Å². The van der Waals surface area contributed by atoms with E-state index in [-0.39, 0.29) is 17.5 Å². The van der Waals surface area contributed by atoms with Gasteiger partial charge in [0.15, 0.2) is 0 Å². The van der Waals surface area contributed by atoms with E-state index in [1.165, 1.54) is 0 Å². The molecule has 1 unspecified atom stereocenters. The van der Waals surface area contributed by atoms with Crippen LogP contribution in [0.1, 0.15) is 25.8 Å². The van der Waals surface area contributed by atoms with Crippen LogP contribution in [-0.4, -0.2) is 47.9 Å². The highest BCUT2D eigenvalue weighted by atomic mass is 16.6. The van der Waals surface area contributed by atoms with Gasteiger partial charge in [0.25, 0.3) is 0 Å². The molecular formula is C15H21N3O4. The highest BCUT2D eigenvalue weighted by molar-refractivity contribution is 5.62. The van der Waals surface area contributed by atoms with Crippen LogP contribution in [0.4, 0.5) is 11.5 Å². The van der Waals surface area contributed by atoms with Crippen molar-refractivity contribution in [3.63, 3.8) is 0 Å². The van der Waals surface area contributed by atoms with Crippen LogP contribution >= 0.6 is 0 Å². The molecule has 0 saturated carbocycles. The number of pyridine rings is 1. The number of anilines is 1. The van der Waals surface area contributed by atoms with E-state index in [0.717, 1.165) is 18.4 Å². The standard InChI is InChI=1S/C15H21N3O4/c1-3-4-12-7-13(14(16-8-12)18(19)20)17-5-6-22-15(11(17)2)9-21-10-15/h7-8,11H,3-6,9-10H2,1-2H3. The summed E-state index contributed by atoms with van der Waals surface area (Å²) < 4.78 is 11.2. The zero-order chi connectivity index (χ0) is 15.7. The van der Waals surface area contributed by atoms with E-state index in [2.05, 4.69) is 16.8 Å². The predicted octanol–water partition coefficient (Wildman–Crippen LogP) is 1.94. The van der Waals surface area contributed by atoms with Crippen molar-refractivity contribution >= 4 is 11.5 Å². The second-order valence-electron chi connectivity index (χ2n) is 5.97. The van der Waals surface area contributed by atoms with Crippen LogP contribution in [0.3, 0.4) is 0 Å². The number of rotatable bonds is 4. The largest absolute Gasteiger partial charge is 0.387 e. The molecule has 120 valence electrons. The van der Waals surface area contributed by atoms with Crippen molar-refractivity contribution in [2.45, 2.75) is 38.3 Å². The Balaban J connectivity index is 1.97. The molecule has 0 aromatic carbocycles. The van der Waals surface area contributed by atoms with Gasteiger partial charge < -0.3 is 24.5 Å². The molecule has 2 aliphatic rings. The lowest BCUT2D eigenvalue weighted by atomic mass is 9.90. The van der Waals surface area contributed by atoms with Gasteiger partial charge in [-0.3, -0.25) is 0 Å². The third-order valence-electron chi connectivity index (χ3n) is 4.57. The summed E-state index contributed by atoms with van der Waals surface area (Å²) in [5.41, 5.74) is 1.28. The van der Waals surface area contributed by atoms with Crippen molar-refractivity contribution in [3.8, 4) is 0 Å². The fraction of sp³-hybridized carbons (Fsp3) is 0.667. The lowest BCUT2D eigenvalue weighted by Crippen LogP contribution is -2.68. The Morgan fingerprint density at radius 3 is 2.91 bits per heavy atom. The third-order valence-corrected chi connectivity index (χ3v) is 4.57. The van der Waals surface area contributed by atoms with Gasteiger partial charge >= 0.3 is 5.82 Å². The number of hydrogen-bond acceptors (Lipinski definition) is 6. The normalized spacial score (nSPS) is 23.4. The highest BCUT2D eigenvalue weighted by Gasteiger charge is 2.50. The summed E-state index contributed by atoms with van der Waals surface area (Å²) >= 11 is 0. The monoisotopic (exact) mass is 307 g/mol. The van der Waals surface area contributed by atoms with E-state index in [1.807, 2.05) is 13.0 Å². The van der Waals surface area contributed by atoms with E-state index < -0.39 is 4.92 Å². The van der Waals surface area contributed by atoms with E-state index in [1.54, 1.807) is 6.20 Å². The fourth-order valence-corrected chi connectivity index (χ4v) is 3.17. The lowest BCUT2D eigenvalue weighted by Gasteiger charge is -2.53. The molecule has 3 rings (SSSR count). The molecule has 2 fully saturated rings. The molecule has 1 aromatic rings. The molecule has 3 heterocycles. The number of nitrogens with zero attached hydrogens (tertiary/aromatic N) is 3. The van der Waals surface area contributed by atoms with Gasteiger partial charge in [0, 0.05) is 6.54 Å². The fourth-order valence-electron chi connectivity index (χ4n) is 3.17. The van der Waals surface area contributed by atoms with Crippen molar-refractivity contribution in [1.29, 1.82) is 0 Å². The topological polar surface area (TPSA) is 77.7 Å². The van der Waals surface area contributed by atoms with Crippen LogP contribution in [0.5, 0.6) is 0 Å². The second kappa shape index (κ2) is 5.81. The van der Waals surface area contributed by atoms with Gasteiger partial charge in [0.1, 0.15) is 17.5 Å². The van der Waals surface area contributed by atoms with E-state index in [0.29, 0.717) is 32.1 Å². The Morgan fingerprint density at radius 2 is 2.32 bits per heavy atom. The Kier molecular flexibility index (Phi) is 4.01. The Labute approximate surface area is 129 Å². The summed E-state index contributed by atoms with van der Waals surface area (Å²) in [6.45, 7) is 6.38. The number of aromatic nitrogens is 1. The molecule has 7 heteroatoms. The van der Waals surface area contributed by atoms with Crippen molar-refractivity contribution < 1.29 is 14.4 Å². The van der Waals surface area contributed by atoms with E-state index in [9.17, 15) is 10.1 Å². The molecule has 0 bridgehead atoms. The van der Waals surface area contributed by atoms with E-state index >= 15 is 0 Å². The minimum absolute atomic E-state index is 0.0207. The van der Waals surface area contributed by atoms with Crippen LogP contribution < -0.4 is 4.90 Å². The predicted molar refractivity (Wildman–Crippen MR) is 81.2 cm³/mol. The van der Waals surface area contributed by atoms with Crippen LogP contribution in [0, 0.1) is 10.1 Å². The van der Waals surface area contributed by atoms with Crippen LogP contribution in [0.15, 0.2) is 12.3 Å². The zero-order valence-corrected chi connectivity index (χ0v) is 12.9. The van der Waals surface area contributed by atoms with Crippen molar-refractivity contribution in [1.82, 2.24) is 4.98 Å². The first-order valence-corrected chi connectivity index (χ1v) is 7.69. The van der Waals surface area contributed by atoms with Gasteiger partial charge in [-0.25, -0.2) is 0 Å². The molecule has 7 nitrogen and oxygen atoms in total. The summed E-state index contributed by atoms with van der Waals surface area (Å²) in [6.07, 6.45) is 3.46. The number of morpholine rings is 1. The Hall–Kier alpha value is -1.73. The summed E-state index contributed by atoms with van der Waals surface area (Å²) in [6, 6.07) is 1.93. The number of nitro groups is 1. The first-order valence-electron chi connectivity index (χ1n) is 7.69. The molecule has 1 atom stereocenters. The maximum Gasteiger partial charge on any atom is 0.387 e. The van der Waals surface area contributed by atoms with E-state index in [4.69, 9.17) is 9.47 Å².